The van der Waals surface area contributed by atoms with E-state index in [4.69, 9.17) is 11.6 Å². The van der Waals surface area contributed by atoms with E-state index in [0.29, 0.717) is 23.7 Å². The standard InChI is InChI=1S/C9H9ClO/c10-9(11)8-6-4-1-2-5(3-4)7(6)8/h1-2,4-8H,3H2/t4-,5+,6+,7-,8?. The molecule has 2 bridgehead atoms. The fourth-order valence-electron chi connectivity index (χ4n) is 3.09. The van der Waals surface area contributed by atoms with Gasteiger partial charge in [-0.15, -0.1) is 0 Å². The van der Waals surface area contributed by atoms with Crippen molar-refractivity contribution in [2.75, 3.05) is 0 Å². The van der Waals surface area contributed by atoms with Crippen LogP contribution in [-0.4, -0.2) is 5.24 Å². The average molecular weight is 169 g/mol. The Bertz CT molecular complexity index is 240. The first-order valence-corrected chi connectivity index (χ1v) is 4.54. The Hall–Kier alpha value is -0.300. The summed E-state index contributed by atoms with van der Waals surface area (Å²) in [5.41, 5.74) is 0. The van der Waals surface area contributed by atoms with Crippen molar-refractivity contribution in [3.63, 3.8) is 0 Å². The summed E-state index contributed by atoms with van der Waals surface area (Å²) < 4.78 is 0. The van der Waals surface area contributed by atoms with E-state index in [0.717, 1.165) is 0 Å². The molecule has 0 amide bonds. The molecule has 1 nitrogen and oxygen atoms in total. The highest BCUT2D eigenvalue weighted by Gasteiger charge is 2.65. The Balaban J connectivity index is 1.90. The second-order valence-corrected chi connectivity index (χ2v) is 4.31. The molecule has 1 unspecified atom stereocenters. The molecule has 3 rings (SSSR count). The minimum Gasteiger partial charge on any atom is -0.281 e. The van der Waals surface area contributed by atoms with E-state index in [1.165, 1.54) is 6.42 Å². The monoisotopic (exact) mass is 168 g/mol. The first-order valence-electron chi connectivity index (χ1n) is 4.16. The number of rotatable bonds is 1. The predicted molar refractivity (Wildman–Crippen MR) is 42.1 cm³/mol. The van der Waals surface area contributed by atoms with E-state index in [-0.39, 0.29) is 11.2 Å². The predicted octanol–water partition coefficient (Wildman–Crippen LogP) is 1.82. The highest BCUT2D eigenvalue weighted by atomic mass is 35.5. The lowest BCUT2D eigenvalue weighted by Gasteiger charge is -2.03. The maximum absolute atomic E-state index is 10.9. The van der Waals surface area contributed by atoms with Gasteiger partial charge in [-0.25, -0.2) is 0 Å². The molecule has 2 heteroatoms. The van der Waals surface area contributed by atoms with Gasteiger partial charge < -0.3 is 0 Å². The Morgan fingerprint density at radius 1 is 1.27 bits per heavy atom. The summed E-state index contributed by atoms with van der Waals surface area (Å²) in [6.45, 7) is 0. The second kappa shape index (κ2) is 1.71. The van der Waals surface area contributed by atoms with Gasteiger partial charge in [-0.1, -0.05) is 12.2 Å². The molecular formula is C9H9ClO. The number of halogens is 1. The van der Waals surface area contributed by atoms with Gasteiger partial charge in [-0.05, 0) is 41.7 Å². The number of fused-ring (bicyclic) bond motifs is 5. The van der Waals surface area contributed by atoms with Gasteiger partial charge >= 0.3 is 0 Å². The molecule has 3 aliphatic rings. The van der Waals surface area contributed by atoms with Crippen LogP contribution in [0, 0.1) is 29.6 Å². The summed E-state index contributed by atoms with van der Waals surface area (Å²) in [5.74, 6) is 2.87. The van der Waals surface area contributed by atoms with Gasteiger partial charge in [0.25, 0.3) is 0 Å². The third-order valence-corrected chi connectivity index (χ3v) is 3.79. The normalized spacial score (nSPS) is 56.3. The summed E-state index contributed by atoms with van der Waals surface area (Å²) in [6.07, 6.45) is 5.83. The molecular weight excluding hydrogens is 160 g/mol. The molecule has 0 aromatic rings. The van der Waals surface area contributed by atoms with Gasteiger partial charge in [0.05, 0.1) is 0 Å². The molecule has 58 valence electrons. The van der Waals surface area contributed by atoms with Crippen molar-refractivity contribution in [3.8, 4) is 0 Å². The van der Waals surface area contributed by atoms with E-state index >= 15 is 0 Å². The third kappa shape index (κ3) is 0.610. The Labute approximate surface area is 70.4 Å². The SMILES string of the molecule is O=C(Cl)C1[C@@H]2[C@H]1[C@H]1C=C[C@@H]2C1. The molecule has 0 spiro atoms. The minimum absolute atomic E-state index is 0.0987. The highest BCUT2D eigenvalue weighted by Crippen LogP contribution is 2.67. The average Bonchev–Trinajstić information content (AvgIpc) is 2.44. The van der Waals surface area contributed by atoms with E-state index < -0.39 is 0 Å². The zero-order chi connectivity index (χ0) is 7.59. The van der Waals surface area contributed by atoms with Crippen LogP contribution in [0.5, 0.6) is 0 Å². The lowest BCUT2D eigenvalue weighted by Crippen LogP contribution is -2.03. The van der Waals surface area contributed by atoms with Crippen LogP contribution in [0.3, 0.4) is 0 Å². The maximum Gasteiger partial charge on any atom is 0.225 e. The Kier molecular flexibility index (Phi) is 0.972. The van der Waals surface area contributed by atoms with Crippen LogP contribution in [-0.2, 0) is 4.79 Å². The lowest BCUT2D eigenvalue weighted by molar-refractivity contribution is -0.113. The largest absolute Gasteiger partial charge is 0.281 e. The molecule has 2 fully saturated rings. The van der Waals surface area contributed by atoms with Crippen LogP contribution in [0.15, 0.2) is 12.2 Å². The summed E-state index contributed by atoms with van der Waals surface area (Å²) in [4.78, 5) is 10.9. The quantitative estimate of drug-likeness (QED) is 0.431. The summed E-state index contributed by atoms with van der Waals surface area (Å²) in [7, 11) is 0. The van der Waals surface area contributed by atoms with Gasteiger partial charge in [-0.3, -0.25) is 4.79 Å². The molecule has 0 saturated heterocycles. The van der Waals surface area contributed by atoms with Crippen molar-refractivity contribution in [1.82, 2.24) is 0 Å². The van der Waals surface area contributed by atoms with Gasteiger partial charge in [-0.2, -0.15) is 0 Å². The molecule has 3 aliphatic carbocycles. The molecule has 0 radical (unpaired) electrons. The molecule has 0 aromatic heterocycles. The van der Waals surface area contributed by atoms with Gasteiger partial charge in [0, 0.05) is 5.92 Å². The number of carbonyl (C=O) groups excluding carboxylic acids is 1. The maximum atomic E-state index is 10.9. The fraction of sp³-hybridized carbons (Fsp3) is 0.667. The van der Waals surface area contributed by atoms with E-state index in [1.54, 1.807) is 0 Å². The molecule has 5 atom stereocenters. The summed E-state index contributed by atoms with van der Waals surface area (Å²) >= 11 is 5.47. The Morgan fingerprint density at radius 3 is 2.27 bits per heavy atom. The molecule has 11 heavy (non-hydrogen) atoms. The van der Waals surface area contributed by atoms with Gasteiger partial charge in [0.1, 0.15) is 0 Å². The first kappa shape index (κ1) is 6.24. The fourth-order valence-corrected chi connectivity index (χ4v) is 3.38. The number of hydrogen-bond donors (Lipinski definition) is 0. The molecule has 0 aliphatic heterocycles. The van der Waals surface area contributed by atoms with Gasteiger partial charge in [0.2, 0.25) is 5.24 Å². The van der Waals surface area contributed by atoms with Crippen LogP contribution >= 0.6 is 11.6 Å². The van der Waals surface area contributed by atoms with Crippen molar-refractivity contribution < 1.29 is 4.79 Å². The van der Waals surface area contributed by atoms with Crippen LogP contribution in [0.2, 0.25) is 0 Å². The van der Waals surface area contributed by atoms with Crippen molar-refractivity contribution in [1.29, 1.82) is 0 Å². The third-order valence-electron chi connectivity index (χ3n) is 3.53. The van der Waals surface area contributed by atoms with Gasteiger partial charge in [0.15, 0.2) is 0 Å². The zero-order valence-corrected chi connectivity index (χ0v) is 6.79. The minimum atomic E-state index is -0.0987. The van der Waals surface area contributed by atoms with Crippen molar-refractivity contribution in [3.05, 3.63) is 12.2 Å². The molecule has 2 saturated carbocycles. The topological polar surface area (TPSA) is 17.1 Å². The Morgan fingerprint density at radius 2 is 1.82 bits per heavy atom. The van der Waals surface area contributed by atoms with Crippen molar-refractivity contribution in [2.24, 2.45) is 29.6 Å². The molecule has 0 aromatic carbocycles. The number of allylic oxidation sites excluding steroid dienone is 2. The smallest absolute Gasteiger partial charge is 0.225 e. The van der Waals surface area contributed by atoms with Crippen molar-refractivity contribution in [2.45, 2.75) is 6.42 Å². The van der Waals surface area contributed by atoms with Crippen LogP contribution < -0.4 is 0 Å². The lowest BCUT2D eigenvalue weighted by atomic mass is 10.0. The number of carbonyl (C=O) groups is 1. The van der Waals surface area contributed by atoms with E-state index in [2.05, 4.69) is 12.2 Å². The van der Waals surface area contributed by atoms with E-state index in [1.807, 2.05) is 0 Å². The summed E-state index contributed by atoms with van der Waals surface area (Å²) in [5, 5.41) is -0.0987. The first-order chi connectivity index (χ1) is 5.29. The highest BCUT2D eigenvalue weighted by molar-refractivity contribution is 6.64. The van der Waals surface area contributed by atoms with E-state index in [9.17, 15) is 4.79 Å². The second-order valence-electron chi connectivity index (χ2n) is 3.93. The van der Waals surface area contributed by atoms with Crippen LogP contribution in [0.1, 0.15) is 6.42 Å². The van der Waals surface area contributed by atoms with Crippen LogP contribution in [0.4, 0.5) is 0 Å². The molecule has 0 heterocycles. The van der Waals surface area contributed by atoms with Crippen molar-refractivity contribution >= 4 is 16.8 Å². The summed E-state index contributed by atoms with van der Waals surface area (Å²) in [6, 6.07) is 0. The zero-order valence-electron chi connectivity index (χ0n) is 6.03. The van der Waals surface area contributed by atoms with Crippen LogP contribution in [0.25, 0.3) is 0 Å². The molecule has 0 N–H and O–H groups in total. The number of hydrogen-bond acceptors (Lipinski definition) is 1.